The third-order valence-corrected chi connectivity index (χ3v) is 3.97. The van der Waals surface area contributed by atoms with E-state index in [0.29, 0.717) is 11.5 Å². The largest absolute Gasteiger partial charge is 0.361 e. The fourth-order valence-corrected chi connectivity index (χ4v) is 2.97. The third-order valence-electron chi connectivity index (χ3n) is 3.97. The lowest BCUT2D eigenvalue weighted by molar-refractivity contribution is 0.0710. The molecule has 0 spiro atoms. The summed E-state index contributed by atoms with van der Waals surface area (Å²) in [7, 11) is 0. The van der Waals surface area contributed by atoms with Gasteiger partial charge in [0.25, 0.3) is 5.91 Å². The summed E-state index contributed by atoms with van der Waals surface area (Å²) in [5, 5.41) is 8.32. The molecule has 3 rings (SSSR count). The summed E-state index contributed by atoms with van der Waals surface area (Å²) in [5.74, 6) is 0.614. The Morgan fingerprint density at radius 2 is 2.19 bits per heavy atom. The molecular formula is C15H20N4O2. The van der Waals surface area contributed by atoms with Gasteiger partial charge in [-0.15, -0.1) is 0 Å². The van der Waals surface area contributed by atoms with E-state index in [9.17, 15) is 4.79 Å². The van der Waals surface area contributed by atoms with Crippen molar-refractivity contribution in [3.05, 3.63) is 35.0 Å². The average molecular weight is 288 g/mol. The molecule has 1 saturated heterocycles. The van der Waals surface area contributed by atoms with Gasteiger partial charge in [0.05, 0.1) is 18.3 Å². The number of aryl methyl sites for hydroxylation is 3. The lowest BCUT2D eigenvalue weighted by Crippen LogP contribution is -2.38. The molecule has 6 heteroatoms. The van der Waals surface area contributed by atoms with Gasteiger partial charge in [-0.2, -0.15) is 5.10 Å². The van der Waals surface area contributed by atoms with Gasteiger partial charge in [0, 0.05) is 18.3 Å². The second kappa shape index (κ2) is 5.35. The fourth-order valence-electron chi connectivity index (χ4n) is 2.97. The minimum Gasteiger partial charge on any atom is -0.361 e. The molecule has 3 heterocycles. The van der Waals surface area contributed by atoms with E-state index in [4.69, 9.17) is 4.52 Å². The summed E-state index contributed by atoms with van der Waals surface area (Å²) in [6.45, 7) is 7.33. The van der Waals surface area contributed by atoms with E-state index in [1.807, 2.05) is 23.4 Å². The zero-order chi connectivity index (χ0) is 15.0. The second-order valence-electron chi connectivity index (χ2n) is 5.73. The number of rotatable bonds is 3. The van der Waals surface area contributed by atoms with E-state index in [1.54, 1.807) is 13.0 Å². The van der Waals surface area contributed by atoms with Crippen LogP contribution in [-0.4, -0.2) is 38.3 Å². The first kappa shape index (κ1) is 13.9. The van der Waals surface area contributed by atoms with Crippen LogP contribution in [-0.2, 0) is 6.54 Å². The lowest BCUT2D eigenvalue weighted by atomic mass is 10.2. The molecule has 2 aromatic heterocycles. The molecule has 0 saturated carbocycles. The SMILES string of the molecule is Cc1cc(C)n(C[C@@H]2CCCN2C(=O)c2cc(C)on2)n1. The van der Waals surface area contributed by atoms with Gasteiger partial charge >= 0.3 is 0 Å². The summed E-state index contributed by atoms with van der Waals surface area (Å²) < 4.78 is 6.99. The molecule has 1 amide bonds. The minimum absolute atomic E-state index is 0.0455. The summed E-state index contributed by atoms with van der Waals surface area (Å²) in [6, 6.07) is 3.93. The number of nitrogens with zero attached hydrogens (tertiary/aromatic N) is 4. The Hall–Kier alpha value is -2.11. The minimum atomic E-state index is -0.0455. The van der Waals surface area contributed by atoms with Gasteiger partial charge in [-0.05, 0) is 39.7 Å². The highest BCUT2D eigenvalue weighted by molar-refractivity contribution is 5.92. The van der Waals surface area contributed by atoms with Gasteiger partial charge in [0.1, 0.15) is 5.76 Å². The van der Waals surface area contributed by atoms with Gasteiger partial charge in [-0.1, -0.05) is 5.16 Å². The molecule has 6 nitrogen and oxygen atoms in total. The quantitative estimate of drug-likeness (QED) is 0.867. The molecule has 0 N–H and O–H groups in total. The Labute approximate surface area is 123 Å². The molecule has 0 radical (unpaired) electrons. The van der Waals surface area contributed by atoms with E-state index >= 15 is 0 Å². The van der Waals surface area contributed by atoms with Crippen molar-refractivity contribution >= 4 is 5.91 Å². The fraction of sp³-hybridized carbons (Fsp3) is 0.533. The average Bonchev–Trinajstić information content (AvgIpc) is 3.12. The monoisotopic (exact) mass is 288 g/mol. The van der Waals surface area contributed by atoms with Crippen molar-refractivity contribution in [2.45, 2.75) is 46.2 Å². The number of hydrogen-bond acceptors (Lipinski definition) is 4. The second-order valence-corrected chi connectivity index (χ2v) is 5.73. The van der Waals surface area contributed by atoms with Crippen LogP contribution in [0.1, 0.15) is 40.5 Å². The maximum absolute atomic E-state index is 12.5. The van der Waals surface area contributed by atoms with Crippen LogP contribution in [0.4, 0.5) is 0 Å². The van der Waals surface area contributed by atoms with Crippen molar-refractivity contribution in [2.24, 2.45) is 0 Å². The van der Waals surface area contributed by atoms with Crippen LogP contribution in [0.3, 0.4) is 0 Å². The lowest BCUT2D eigenvalue weighted by Gasteiger charge is -2.24. The number of hydrogen-bond donors (Lipinski definition) is 0. The molecule has 1 atom stereocenters. The van der Waals surface area contributed by atoms with Gasteiger partial charge in [-0.3, -0.25) is 9.48 Å². The van der Waals surface area contributed by atoms with Gasteiger partial charge < -0.3 is 9.42 Å². The first-order chi connectivity index (χ1) is 10.0. The maximum Gasteiger partial charge on any atom is 0.276 e. The van der Waals surface area contributed by atoms with Crippen molar-refractivity contribution in [1.29, 1.82) is 0 Å². The van der Waals surface area contributed by atoms with E-state index in [0.717, 1.165) is 37.3 Å². The molecular weight excluding hydrogens is 268 g/mol. The Kier molecular flexibility index (Phi) is 3.53. The Morgan fingerprint density at radius 3 is 2.81 bits per heavy atom. The molecule has 1 fully saturated rings. The highest BCUT2D eigenvalue weighted by atomic mass is 16.5. The Morgan fingerprint density at radius 1 is 1.38 bits per heavy atom. The highest BCUT2D eigenvalue weighted by Crippen LogP contribution is 2.22. The molecule has 0 unspecified atom stereocenters. The highest BCUT2D eigenvalue weighted by Gasteiger charge is 2.31. The standard InChI is InChI=1S/C15H20N4O2/c1-10-7-11(2)19(16-10)9-13-5-4-6-18(13)15(20)14-8-12(3)21-17-14/h7-8,13H,4-6,9H2,1-3H3/t13-/m0/s1. The van der Waals surface area contributed by atoms with E-state index in [2.05, 4.69) is 16.3 Å². The van der Waals surface area contributed by atoms with Crippen LogP contribution in [0.15, 0.2) is 16.7 Å². The summed E-state index contributed by atoms with van der Waals surface area (Å²) in [6.07, 6.45) is 2.02. The van der Waals surface area contributed by atoms with Crippen LogP contribution < -0.4 is 0 Å². The van der Waals surface area contributed by atoms with E-state index in [1.165, 1.54) is 0 Å². The van der Waals surface area contributed by atoms with Crippen molar-refractivity contribution in [2.75, 3.05) is 6.54 Å². The van der Waals surface area contributed by atoms with Crippen LogP contribution in [0.25, 0.3) is 0 Å². The van der Waals surface area contributed by atoms with Gasteiger partial charge in [0.2, 0.25) is 0 Å². The Bertz CT molecular complexity index is 658. The number of carbonyl (C=O) groups is 1. The van der Waals surface area contributed by atoms with Crippen molar-refractivity contribution in [1.82, 2.24) is 19.8 Å². The molecule has 112 valence electrons. The normalized spacial score (nSPS) is 18.4. The first-order valence-electron chi connectivity index (χ1n) is 7.30. The van der Waals surface area contributed by atoms with Crippen molar-refractivity contribution in [3.8, 4) is 0 Å². The van der Waals surface area contributed by atoms with Crippen LogP contribution in [0.2, 0.25) is 0 Å². The summed E-state index contributed by atoms with van der Waals surface area (Å²) in [4.78, 5) is 14.4. The van der Waals surface area contributed by atoms with Crippen LogP contribution in [0, 0.1) is 20.8 Å². The number of aromatic nitrogens is 3. The number of likely N-dealkylation sites (tertiary alicyclic amines) is 1. The molecule has 0 aromatic carbocycles. The predicted octanol–water partition coefficient (Wildman–Crippen LogP) is 2.10. The third kappa shape index (κ3) is 2.70. The van der Waals surface area contributed by atoms with Crippen molar-refractivity contribution in [3.63, 3.8) is 0 Å². The topological polar surface area (TPSA) is 64.2 Å². The molecule has 21 heavy (non-hydrogen) atoms. The van der Waals surface area contributed by atoms with Crippen LogP contribution in [0.5, 0.6) is 0 Å². The summed E-state index contributed by atoms with van der Waals surface area (Å²) >= 11 is 0. The molecule has 0 bridgehead atoms. The molecule has 1 aliphatic heterocycles. The maximum atomic E-state index is 12.5. The molecule has 1 aliphatic rings. The van der Waals surface area contributed by atoms with Gasteiger partial charge in [0.15, 0.2) is 5.69 Å². The number of carbonyl (C=O) groups excluding carboxylic acids is 1. The zero-order valence-electron chi connectivity index (χ0n) is 12.7. The Balaban J connectivity index is 1.76. The summed E-state index contributed by atoms with van der Waals surface area (Å²) in [5.41, 5.74) is 2.53. The van der Waals surface area contributed by atoms with Crippen molar-refractivity contribution < 1.29 is 9.32 Å². The van der Waals surface area contributed by atoms with Crippen LogP contribution >= 0.6 is 0 Å². The predicted molar refractivity (Wildman–Crippen MR) is 77.0 cm³/mol. The smallest absolute Gasteiger partial charge is 0.276 e. The zero-order valence-corrected chi connectivity index (χ0v) is 12.7. The first-order valence-corrected chi connectivity index (χ1v) is 7.30. The van der Waals surface area contributed by atoms with E-state index < -0.39 is 0 Å². The molecule has 2 aromatic rings. The van der Waals surface area contributed by atoms with Gasteiger partial charge in [-0.25, -0.2) is 0 Å². The number of amides is 1. The van der Waals surface area contributed by atoms with E-state index in [-0.39, 0.29) is 11.9 Å². The molecule has 0 aliphatic carbocycles.